The van der Waals surface area contributed by atoms with E-state index in [0.717, 1.165) is 12.1 Å². The third-order valence-corrected chi connectivity index (χ3v) is 4.10. The van der Waals surface area contributed by atoms with Crippen LogP contribution in [0, 0.1) is 11.3 Å². The second kappa shape index (κ2) is 8.75. The summed E-state index contributed by atoms with van der Waals surface area (Å²) < 4.78 is 71.4. The molecule has 0 saturated heterocycles. The summed E-state index contributed by atoms with van der Waals surface area (Å²) in [6.07, 6.45) is -8.89. The predicted molar refractivity (Wildman–Crippen MR) is 98.7 cm³/mol. The van der Waals surface area contributed by atoms with Crippen molar-refractivity contribution in [3.05, 3.63) is 78.3 Å². The maximum absolute atomic E-state index is 13.6. The number of aromatic nitrogens is 4. The van der Waals surface area contributed by atoms with Gasteiger partial charge in [0.05, 0.1) is 22.9 Å². The van der Waals surface area contributed by atoms with Crippen molar-refractivity contribution in [2.45, 2.75) is 19.0 Å². The van der Waals surface area contributed by atoms with E-state index in [4.69, 9.17) is 21.6 Å². The molecule has 0 aliphatic rings. The van der Waals surface area contributed by atoms with E-state index in [1.807, 2.05) is 0 Å². The fourth-order valence-electron chi connectivity index (χ4n) is 2.57. The first-order valence-electron chi connectivity index (χ1n) is 8.43. The molecule has 3 aromatic rings. The van der Waals surface area contributed by atoms with E-state index in [1.165, 1.54) is 6.07 Å². The SMILES string of the molecule is N#Cc1cc(Cl)cc(Oc2c(C(F)(F)F)nc(Cc3cc(C(F)F)c(=O)[nH]n3)[nH]c2=O)c1. The first-order chi connectivity index (χ1) is 15.0. The van der Waals surface area contributed by atoms with Crippen LogP contribution in [0.5, 0.6) is 11.5 Å². The fraction of sp³-hybridized carbons (Fsp3) is 0.167. The second-order valence-corrected chi connectivity index (χ2v) is 6.64. The largest absolute Gasteiger partial charge is 0.449 e. The van der Waals surface area contributed by atoms with Crippen LogP contribution in [0.3, 0.4) is 0 Å². The number of H-pyrrole nitrogens is 2. The average molecular weight is 474 g/mol. The molecule has 0 unspecified atom stereocenters. The molecule has 2 heterocycles. The Morgan fingerprint density at radius 2 is 1.88 bits per heavy atom. The van der Waals surface area contributed by atoms with E-state index in [0.29, 0.717) is 6.07 Å². The molecule has 0 spiro atoms. The molecule has 0 aliphatic heterocycles. The number of alkyl halides is 5. The minimum atomic E-state index is -5.14. The van der Waals surface area contributed by atoms with E-state index >= 15 is 0 Å². The molecule has 0 fully saturated rings. The maximum Gasteiger partial charge on any atom is 0.437 e. The van der Waals surface area contributed by atoms with Crippen molar-refractivity contribution in [3.63, 3.8) is 0 Å². The molecular weight excluding hydrogens is 465 g/mol. The van der Waals surface area contributed by atoms with Gasteiger partial charge in [-0.3, -0.25) is 9.59 Å². The van der Waals surface area contributed by atoms with Crippen LogP contribution in [0.25, 0.3) is 0 Å². The molecule has 14 heteroatoms. The Labute approximate surface area is 179 Å². The number of hydrogen-bond acceptors (Lipinski definition) is 6. The Kier molecular flexibility index (Phi) is 6.26. The highest BCUT2D eigenvalue weighted by Crippen LogP contribution is 2.35. The highest BCUT2D eigenvalue weighted by atomic mass is 35.5. The van der Waals surface area contributed by atoms with Gasteiger partial charge in [-0.2, -0.15) is 23.5 Å². The predicted octanol–water partition coefficient (Wildman–Crippen LogP) is 3.72. The van der Waals surface area contributed by atoms with Gasteiger partial charge in [0, 0.05) is 11.4 Å². The molecule has 2 N–H and O–H groups in total. The molecular formula is C18H9ClF5N5O3. The van der Waals surface area contributed by atoms with Crippen LogP contribution in [-0.4, -0.2) is 20.2 Å². The normalized spacial score (nSPS) is 11.4. The molecule has 3 rings (SSSR count). The number of benzene rings is 1. The van der Waals surface area contributed by atoms with Gasteiger partial charge >= 0.3 is 6.18 Å². The summed E-state index contributed by atoms with van der Waals surface area (Å²) in [6, 6.07) is 5.81. The molecule has 8 nitrogen and oxygen atoms in total. The monoisotopic (exact) mass is 473 g/mol. The molecule has 1 aromatic carbocycles. The molecule has 166 valence electrons. The highest BCUT2D eigenvalue weighted by molar-refractivity contribution is 6.30. The lowest BCUT2D eigenvalue weighted by atomic mass is 10.2. The second-order valence-electron chi connectivity index (χ2n) is 6.20. The summed E-state index contributed by atoms with van der Waals surface area (Å²) in [7, 11) is 0. The van der Waals surface area contributed by atoms with Gasteiger partial charge < -0.3 is 9.72 Å². The third-order valence-electron chi connectivity index (χ3n) is 3.88. The van der Waals surface area contributed by atoms with Crippen LogP contribution in [-0.2, 0) is 12.6 Å². The van der Waals surface area contributed by atoms with Crippen LogP contribution in [0.4, 0.5) is 22.0 Å². The number of halogens is 6. The van der Waals surface area contributed by atoms with Gasteiger partial charge in [0.15, 0.2) is 5.69 Å². The van der Waals surface area contributed by atoms with E-state index < -0.39 is 53.0 Å². The zero-order valence-corrected chi connectivity index (χ0v) is 16.2. The first-order valence-corrected chi connectivity index (χ1v) is 8.81. The van der Waals surface area contributed by atoms with Crippen molar-refractivity contribution in [1.82, 2.24) is 20.2 Å². The van der Waals surface area contributed by atoms with Crippen molar-refractivity contribution in [3.8, 4) is 17.6 Å². The van der Waals surface area contributed by atoms with Crippen LogP contribution in [0.1, 0.15) is 34.8 Å². The number of rotatable bonds is 5. The number of ether oxygens (including phenoxy) is 1. The minimum Gasteiger partial charge on any atom is -0.449 e. The molecule has 0 amide bonds. The van der Waals surface area contributed by atoms with E-state index in [2.05, 4.69) is 15.1 Å². The van der Waals surface area contributed by atoms with Gasteiger partial charge in [0.1, 0.15) is 11.6 Å². The molecule has 2 aromatic heterocycles. The first kappa shape index (κ1) is 22.9. The molecule has 0 radical (unpaired) electrons. The summed E-state index contributed by atoms with van der Waals surface area (Å²) in [6.45, 7) is 0. The summed E-state index contributed by atoms with van der Waals surface area (Å²) in [5, 5.41) is 14.2. The Morgan fingerprint density at radius 3 is 2.50 bits per heavy atom. The molecule has 0 aliphatic carbocycles. The Bertz CT molecular complexity index is 1330. The van der Waals surface area contributed by atoms with Gasteiger partial charge in [0.2, 0.25) is 5.75 Å². The van der Waals surface area contributed by atoms with Crippen molar-refractivity contribution in [2.24, 2.45) is 0 Å². The number of nitrogens with one attached hydrogen (secondary N) is 2. The van der Waals surface area contributed by atoms with Crippen LogP contribution in [0.15, 0.2) is 33.9 Å². The van der Waals surface area contributed by atoms with Crippen LogP contribution >= 0.6 is 11.6 Å². The number of aromatic amines is 2. The summed E-state index contributed by atoms with van der Waals surface area (Å²) in [5.41, 5.74) is -5.43. The summed E-state index contributed by atoms with van der Waals surface area (Å²) in [5.74, 6) is -2.10. The van der Waals surface area contributed by atoms with Crippen molar-refractivity contribution in [1.29, 1.82) is 5.26 Å². The maximum atomic E-state index is 13.6. The Hall–Kier alpha value is -3.79. The van der Waals surface area contributed by atoms with Gasteiger partial charge in [0.25, 0.3) is 17.5 Å². The van der Waals surface area contributed by atoms with Crippen LogP contribution in [0.2, 0.25) is 5.02 Å². The molecule has 32 heavy (non-hydrogen) atoms. The summed E-state index contributed by atoms with van der Waals surface area (Å²) in [4.78, 5) is 29.1. The zero-order valence-electron chi connectivity index (χ0n) is 15.4. The fourth-order valence-corrected chi connectivity index (χ4v) is 2.80. The van der Waals surface area contributed by atoms with Gasteiger partial charge in [-0.25, -0.2) is 18.9 Å². The van der Waals surface area contributed by atoms with E-state index in [1.54, 1.807) is 11.2 Å². The lowest BCUT2D eigenvalue weighted by molar-refractivity contribution is -0.142. The third kappa shape index (κ3) is 5.09. The lowest BCUT2D eigenvalue weighted by Gasteiger charge is -2.14. The topological polar surface area (TPSA) is 125 Å². The van der Waals surface area contributed by atoms with Gasteiger partial charge in [-0.15, -0.1) is 0 Å². The Balaban J connectivity index is 2.04. The summed E-state index contributed by atoms with van der Waals surface area (Å²) >= 11 is 5.79. The number of nitriles is 1. The number of hydrogen-bond donors (Lipinski definition) is 2. The zero-order chi connectivity index (χ0) is 23.6. The standard InChI is InChI=1S/C18H9ClF5N5O3/c19-8-1-7(6-25)2-10(3-8)32-13-14(18(22,23)24)26-12(27-17(13)31)5-9-4-11(15(20)21)16(30)29-28-9/h1-4,15H,5H2,(H,29,30)(H,26,27,31). The van der Waals surface area contributed by atoms with Crippen molar-refractivity contribution >= 4 is 11.6 Å². The minimum absolute atomic E-state index is 0.0207. The number of nitrogens with zero attached hydrogens (tertiary/aromatic N) is 3. The van der Waals surface area contributed by atoms with E-state index in [9.17, 15) is 31.5 Å². The molecule has 0 atom stereocenters. The van der Waals surface area contributed by atoms with E-state index in [-0.39, 0.29) is 22.0 Å². The quantitative estimate of drug-likeness (QED) is 0.544. The average Bonchev–Trinajstić information content (AvgIpc) is 2.69. The molecule has 0 bridgehead atoms. The smallest absolute Gasteiger partial charge is 0.437 e. The van der Waals surface area contributed by atoms with Crippen molar-refractivity contribution in [2.75, 3.05) is 0 Å². The lowest BCUT2D eigenvalue weighted by Crippen LogP contribution is -2.23. The Morgan fingerprint density at radius 1 is 1.16 bits per heavy atom. The molecule has 0 saturated carbocycles. The van der Waals surface area contributed by atoms with Gasteiger partial charge in [-0.1, -0.05) is 11.6 Å². The van der Waals surface area contributed by atoms with Gasteiger partial charge in [-0.05, 0) is 24.3 Å². The van der Waals surface area contributed by atoms with Crippen LogP contribution < -0.4 is 15.9 Å². The van der Waals surface area contributed by atoms with Crippen molar-refractivity contribution < 1.29 is 26.7 Å². The highest BCUT2D eigenvalue weighted by Gasteiger charge is 2.39.